The SMILES string of the molecule is COC=O.NC(CCc1ccc(OC(F)F)c(OC(F)F)c1)C(=O)O. The number of methoxy groups -OCH3 is 1. The largest absolute Gasteiger partial charge is 0.480 e. The predicted molar refractivity (Wildman–Crippen MR) is 76.7 cm³/mol. The van der Waals surface area contributed by atoms with Crippen molar-refractivity contribution >= 4 is 12.4 Å². The number of aryl methyl sites for hydroxylation is 1. The van der Waals surface area contributed by atoms with Crippen LogP contribution in [0.3, 0.4) is 0 Å². The highest BCUT2D eigenvalue weighted by atomic mass is 19.3. The van der Waals surface area contributed by atoms with E-state index in [1.54, 1.807) is 0 Å². The summed E-state index contributed by atoms with van der Waals surface area (Å²) in [5.74, 6) is -2.28. The van der Waals surface area contributed by atoms with Gasteiger partial charge in [0.2, 0.25) is 0 Å². The maximum absolute atomic E-state index is 12.2. The number of rotatable bonds is 9. The minimum Gasteiger partial charge on any atom is -0.480 e. The van der Waals surface area contributed by atoms with Crippen molar-refractivity contribution in [3.8, 4) is 11.5 Å². The number of alkyl halides is 4. The monoisotopic (exact) mass is 371 g/mol. The number of carbonyl (C=O) groups is 2. The van der Waals surface area contributed by atoms with Crippen molar-refractivity contribution in [2.24, 2.45) is 5.73 Å². The van der Waals surface area contributed by atoms with Gasteiger partial charge in [-0.05, 0) is 30.5 Å². The molecule has 0 aliphatic heterocycles. The summed E-state index contributed by atoms with van der Waals surface area (Å²) in [5, 5.41) is 8.62. The topological polar surface area (TPSA) is 108 Å². The lowest BCUT2D eigenvalue weighted by atomic mass is 10.1. The van der Waals surface area contributed by atoms with Crippen LogP contribution in [0.1, 0.15) is 12.0 Å². The third kappa shape index (κ3) is 10.0. The normalized spacial score (nSPS) is 11.4. The predicted octanol–water partition coefficient (Wildman–Crippen LogP) is 2.02. The van der Waals surface area contributed by atoms with Gasteiger partial charge in [-0.1, -0.05) is 6.07 Å². The Morgan fingerprint density at radius 3 is 2.16 bits per heavy atom. The summed E-state index contributed by atoms with van der Waals surface area (Å²) < 4.78 is 60.7. The third-order valence-electron chi connectivity index (χ3n) is 2.60. The first-order valence-electron chi connectivity index (χ1n) is 6.68. The Hall–Kier alpha value is -2.56. The fourth-order valence-corrected chi connectivity index (χ4v) is 1.54. The Labute approximate surface area is 140 Å². The van der Waals surface area contributed by atoms with Gasteiger partial charge in [0.25, 0.3) is 6.47 Å². The van der Waals surface area contributed by atoms with E-state index in [0.29, 0.717) is 12.0 Å². The fourth-order valence-electron chi connectivity index (χ4n) is 1.54. The van der Waals surface area contributed by atoms with E-state index in [1.807, 2.05) is 0 Å². The van der Waals surface area contributed by atoms with Crippen LogP contribution in [-0.2, 0) is 20.7 Å². The molecule has 0 spiro atoms. The highest BCUT2D eigenvalue weighted by molar-refractivity contribution is 5.73. The molecule has 0 saturated heterocycles. The van der Waals surface area contributed by atoms with E-state index >= 15 is 0 Å². The van der Waals surface area contributed by atoms with Crippen LogP contribution in [-0.4, -0.2) is 43.9 Å². The molecule has 0 heterocycles. The summed E-state index contributed by atoms with van der Waals surface area (Å²) >= 11 is 0. The van der Waals surface area contributed by atoms with E-state index in [0.717, 1.165) is 12.1 Å². The van der Waals surface area contributed by atoms with Gasteiger partial charge in [-0.3, -0.25) is 9.59 Å². The number of hydrogen-bond donors (Lipinski definition) is 2. The van der Waals surface area contributed by atoms with Crippen LogP contribution in [0.25, 0.3) is 0 Å². The van der Waals surface area contributed by atoms with Crippen LogP contribution in [0.5, 0.6) is 11.5 Å². The molecule has 0 amide bonds. The number of halogens is 4. The standard InChI is InChI=1S/C12H13F4NO4.C2H4O2/c13-11(14)20-8-4-2-6(1-3-7(17)10(18)19)5-9(8)21-12(15)16;1-4-2-3/h2,4-5,7,11-12H,1,3,17H2,(H,18,19);2H,1H3. The van der Waals surface area contributed by atoms with Crippen LogP contribution in [0.2, 0.25) is 0 Å². The van der Waals surface area contributed by atoms with E-state index in [1.165, 1.54) is 13.2 Å². The van der Waals surface area contributed by atoms with E-state index in [2.05, 4.69) is 14.2 Å². The number of ether oxygens (including phenoxy) is 3. The molecular weight excluding hydrogens is 354 g/mol. The van der Waals surface area contributed by atoms with Gasteiger partial charge >= 0.3 is 19.2 Å². The van der Waals surface area contributed by atoms with Crippen molar-refractivity contribution in [1.82, 2.24) is 0 Å². The molecule has 1 atom stereocenters. The highest BCUT2D eigenvalue weighted by Crippen LogP contribution is 2.31. The van der Waals surface area contributed by atoms with Gasteiger partial charge < -0.3 is 25.1 Å². The zero-order valence-corrected chi connectivity index (χ0v) is 13.0. The Kier molecular flexibility index (Phi) is 10.7. The number of carboxylic acids is 1. The minimum absolute atomic E-state index is 0.0541. The quantitative estimate of drug-likeness (QED) is 0.505. The van der Waals surface area contributed by atoms with E-state index in [4.69, 9.17) is 15.6 Å². The maximum atomic E-state index is 12.2. The Balaban J connectivity index is 0.00000129. The third-order valence-corrected chi connectivity index (χ3v) is 2.60. The van der Waals surface area contributed by atoms with Crippen molar-refractivity contribution in [3.05, 3.63) is 23.8 Å². The van der Waals surface area contributed by atoms with Crippen LogP contribution in [0.15, 0.2) is 18.2 Å². The lowest BCUT2D eigenvalue weighted by molar-refractivity contribution is -0.138. The summed E-state index contributed by atoms with van der Waals surface area (Å²) in [6.07, 6.45) is 0.209. The molecule has 3 N–H and O–H groups in total. The first kappa shape index (κ1) is 22.4. The fraction of sp³-hybridized carbons (Fsp3) is 0.429. The first-order valence-corrected chi connectivity index (χ1v) is 6.68. The lowest BCUT2D eigenvalue weighted by Crippen LogP contribution is -2.30. The van der Waals surface area contributed by atoms with Gasteiger partial charge in [0.1, 0.15) is 6.04 Å². The summed E-state index contributed by atoms with van der Waals surface area (Å²) in [6, 6.07) is 2.36. The Morgan fingerprint density at radius 2 is 1.72 bits per heavy atom. The molecule has 142 valence electrons. The first-order chi connectivity index (χ1) is 11.7. The van der Waals surface area contributed by atoms with Crippen molar-refractivity contribution in [2.45, 2.75) is 32.1 Å². The number of aliphatic carboxylic acids is 1. The molecule has 1 unspecified atom stereocenters. The van der Waals surface area contributed by atoms with Crippen LogP contribution >= 0.6 is 0 Å². The van der Waals surface area contributed by atoms with Crippen molar-refractivity contribution in [2.75, 3.05) is 7.11 Å². The minimum atomic E-state index is -3.21. The molecule has 0 radical (unpaired) electrons. The molecule has 0 fully saturated rings. The van der Waals surface area contributed by atoms with Gasteiger partial charge in [-0.25, -0.2) is 0 Å². The number of benzene rings is 1. The summed E-state index contributed by atoms with van der Waals surface area (Å²) in [4.78, 5) is 19.5. The van der Waals surface area contributed by atoms with Gasteiger partial charge in [0, 0.05) is 0 Å². The smallest absolute Gasteiger partial charge is 0.387 e. The second-order valence-corrected chi connectivity index (χ2v) is 4.35. The van der Waals surface area contributed by atoms with Crippen molar-refractivity contribution in [3.63, 3.8) is 0 Å². The summed E-state index contributed by atoms with van der Waals surface area (Å²) in [5.41, 5.74) is 5.71. The van der Waals surface area contributed by atoms with Crippen molar-refractivity contribution < 1.29 is 46.5 Å². The molecule has 11 heteroatoms. The van der Waals surface area contributed by atoms with E-state index in [9.17, 15) is 22.4 Å². The average Bonchev–Trinajstić information content (AvgIpc) is 2.53. The highest BCUT2D eigenvalue weighted by Gasteiger charge is 2.16. The molecule has 25 heavy (non-hydrogen) atoms. The van der Waals surface area contributed by atoms with Gasteiger partial charge in [0.05, 0.1) is 7.11 Å². The molecule has 0 saturated carbocycles. The second-order valence-electron chi connectivity index (χ2n) is 4.35. The van der Waals surface area contributed by atoms with Crippen molar-refractivity contribution in [1.29, 1.82) is 0 Å². The molecular formula is C14H17F4NO6. The number of carboxylic acid groups (broad SMARTS) is 1. The lowest BCUT2D eigenvalue weighted by Gasteiger charge is -2.13. The Bertz CT molecular complexity index is 544. The van der Waals surface area contributed by atoms with Gasteiger partial charge in [-0.2, -0.15) is 17.6 Å². The molecule has 1 aromatic rings. The molecule has 1 aromatic carbocycles. The molecule has 1 rings (SSSR count). The number of nitrogens with two attached hydrogens (primary N) is 1. The molecule has 0 aromatic heterocycles. The van der Waals surface area contributed by atoms with Crippen LogP contribution in [0.4, 0.5) is 17.6 Å². The molecule has 0 aliphatic rings. The molecule has 0 aliphatic carbocycles. The molecule has 7 nitrogen and oxygen atoms in total. The van der Waals surface area contributed by atoms with Gasteiger partial charge in [-0.15, -0.1) is 0 Å². The number of carbonyl (C=O) groups excluding carboxylic acids is 1. The van der Waals surface area contributed by atoms with E-state index in [-0.39, 0.29) is 12.8 Å². The zero-order valence-electron chi connectivity index (χ0n) is 13.0. The average molecular weight is 371 g/mol. The van der Waals surface area contributed by atoms with Crippen LogP contribution in [0, 0.1) is 0 Å². The zero-order chi connectivity index (χ0) is 19.4. The van der Waals surface area contributed by atoms with Gasteiger partial charge in [0.15, 0.2) is 11.5 Å². The van der Waals surface area contributed by atoms with Crippen LogP contribution < -0.4 is 15.2 Å². The second kappa shape index (κ2) is 11.9. The maximum Gasteiger partial charge on any atom is 0.387 e. The Morgan fingerprint density at radius 1 is 1.20 bits per heavy atom. The summed E-state index contributed by atoms with van der Waals surface area (Å²) in [6.45, 7) is -6.02. The molecule has 0 bridgehead atoms. The van der Waals surface area contributed by atoms with E-state index < -0.39 is 36.7 Å². The summed E-state index contributed by atoms with van der Waals surface area (Å²) in [7, 11) is 1.31. The number of hydrogen-bond acceptors (Lipinski definition) is 6.